The third kappa shape index (κ3) is 7.07. The van der Waals surface area contributed by atoms with Crippen LogP contribution < -0.4 is 0 Å². The molecule has 88 valence electrons. The van der Waals surface area contributed by atoms with E-state index in [4.69, 9.17) is 0 Å². The van der Waals surface area contributed by atoms with Crippen molar-refractivity contribution in [1.29, 1.82) is 0 Å². The van der Waals surface area contributed by atoms with Crippen molar-refractivity contribution in [1.82, 2.24) is 0 Å². The topological polar surface area (TPSA) is 17.1 Å². The van der Waals surface area contributed by atoms with Crippen LogP contribution in [0.4, 0.5) is 0 Å². The molecule has 0 N–H and O–H groups in total. The molecule has 0 aromatic heterocycles. The Hall–Kier alpha value is -1.89. The molecule has 0 saturated heterocycles. The molecular weight excluding hydrogens is 208 g/mol. The first kappa shape index (κ1) is 13.2. The molecule has 0 bridgehead atoms. The fraction of sp³-hybridized carbons (Fsp3) is 0.188. The molecule has 0 heterocycles. The van der Waals surface area contributed by atoms with E-state index in [1.807, 2.05) is 24.3 Å². The standard InChI is InChI=1S/C16H18O/c17-15-11-6-4-2-1-3-5-8-12-16-13-9-7-10-14-16/h3,5-15H,1-2,4H2/b5-3+,11-6+,12-8+. The molecule has 1 aromatic carbocycles. The first-order valence-corrected chi connectivity index (χ1v) is 5.92. The molecule has 0 aliphatic rings. The Morgan fingerprint density at radius 2 is 1.59 bits per heavy atom. The van der Waals surface area contributed by atoms with Crippen LogP contribution in [0.2, 0.25) is 0 Å². The molecule has 0 radical (unpaired) electrons. The minimum atomic E-state index is 0.818. The molecule has 1 heteroatoms. The van der Waals surface area contributed by atoms with Crippen molar-refractivity contribution in [2.24, 2.45) is 0 Å². The largest absolute Gasteiger partial charge is 0.299 e. The number of carbonyl (C=O) groups excluding carboxylic acids is 1. The number of benzene rings is 1. The van der Waals surface area contributed by atoms with Gasteiger partial charge >= 0.3 is 0 Å². The van der Waals surface area contributed by atoms with Crippen LogP contribution in [-0.2, 0) is 4.79 Å². The molecule has 0 aliphatic heterocycles. The maximum atomic E-state index is 10.0. The Labute approximate surface area is 103 Å². The minimum absolute atomic E-state index is 0.818. The molecule has 0 spiro atoms. The Balaban J connectivity index is 2.16. The van der Waals surface area contributed by atoms with Gasteiger partial charge in [-0.2, -0.15) is 0 Å². The minimum Gasteiger partial charge on any atom is -0.299 e. The predicted molar refractivity (Wildman–Crippen MR) is 73.7 cm³/mol. The predicted octanol–water partition coefficient (Wildman–Crippen LogP) is 4.18. The van der Waals surface area contributed by atoms with Gasteiger partial charge < -0.3 is 0 Å². The summed E-state index contributed by atoms with van der Waals surface area (Å²) in [5.41, 5.74) is 1.21. The van der Waals surface area contributed by atoms with Crippen LogP contribution in [0.5, 0.6) is 0 Å². The molecule has 0 atom stereocenters. The summed E-state index contributed by atoms with van der Waals surface area (Å²) in [4.78, 5) is 10.0. The average Bonchev–Trinajstić information content (AvgIpc) is 2.38. The van der Waals surface area contributed by atoms with Crippen molar-refractivity contribution in [3.8, 4) is 0 Å². The molecule has 1 aromatic rings. The number of carbonyl (C=O) groups is 1. The SMILES string of the molecule is O=C/C=C/CCC/C=C/C=C/c1ccccc1. The van der Waals surface area contributed by atoms with Gasteiger partial charge in [0.25, 0.3) is 0 Å². The van der Waals surface area contributed by atoms with Crippen molar-refractivity contribution < 1.29 is 4.79 Å². The van der Waals surface area contributed by atoms with E-state index in [1.165, 1.54) is 5.56 Å². The Morgan fingerprint density at radius 1 is 0.882 bits per heavy atom. The fourth-order valence-corrected chi connectivity index (χ4v) is 1.41. The summed E-state index contributed by atoms with van der Waals surface area (Å²) in [6, 6.07) is 10.2. The Kier molecular flexibility index (Phi) is 7.24. The summed E-state index contributed by atoms with van der Waals surface area (Å²) in [5.74, 6) is 0. The number of allylic oxidation sites excluding steroid dienone is 5. The molecule has 0 fully saturated rings. The molecule has 0 amide bonds. The maximum absolute atomic E-state index is 10.0. The fourth-order valence-electron chi connectivity index (χ4n) is 1.41. The van der Waals surface area contributed by atoms with Crippen LogP contribution in [0.3, 0.4) is 0 Å². The van der Waals surface area contributed by atoms with Crippen LogP contribution in [0.1, 0.15) is 24.8 Å². The van der Waals surface area contributed by atoms with Crippen molar-refractivity contribution >= 4 is 12.4 Å². The van der Waals surface area contributed by atoms with Crippen molar-refractivity contribution in [2.75, 3.05) is 0 Å². The third-order valence-electron chi connectivity index (χ3n) is 2.29. The molecule has 0 aliphatic carbocycles. The van der Waals surface area contributed by atoms with Crippen LogP contribution in [0.25, 0.3) is 6.08 Å². The number of hydrogen-bond acceptors (Lipinski definition) is 1. The summed E-state index contributed by atoms with van der Waals surface area (Å²) >= 11 is 0. The zero-order valence-corrected chi connectivity index (χ0v) is 9.96. The van der Waals surface area contributed by atoms with Gasteiger partial charge in [0.2, 0.25) is 0 Å². The summed E-state index contributed by atoms with van der Waals surface area (Å²) in [5, 5.41) is 0. The number of rotatable bonds is 7. The Bertz CT molecular complexity index is 385. The molecule has 1 nitrogen and oxygen atoms in total. The zero-order chi connectivity index (χ0) is 12.2. The molecule has 1 rings (SSSR count). The van der Waals surface area contributed by atoms with Gasteiger partial charge in [0, 0.05) is 0 Å². The second-order valence-electron chi connectivity index (χ2n) is 3.69. The van der Waals surface area contributed by atoms with Crippen molar-refractivity contribution in [3.63, 3.8) is 0 Å². The number of unbranched alkanes of at least 4 members (excludes halogenated alkanes) is 2. The first-order chi connectivity index (χ1) is 8.43. The first-order valence-electron chi connectivity index (χ1n) is 5.92. The van der Waals surface area contributed by atoms with Crippen LogP contribution in [0.15, 0.2) is 60.7 Å². The van der Waals surface area contributed by atoms with Gasteiger partial charge in [-0.3, -0.25) is 4.79 Å². The maximum Gasteiger partial charge on any atom is 0.142 e. The summed E-state index contributed by atoms with van der Waals surface area (Å²) < 4.78 is 0. The van der Waals surface area contributed by atoms with Gasteiger partial charge in [0.15, 0.2) is 0 Å². The van der Waals surface area contributed by atoms with Crippen LogP contribution in [-0.4, -0.2) is 6.29 Å². The molecule has 0 unspecified atom stereocenters. The van der Waals surface area contributed by atoms with Crippen molar-refractivity contribution in [2.45, 2.75) is 19.3 Å². The van der Waals surface area contributed by atoms with E-state index in [0.717, 1.165) is 25.5 Å². The van der Waals surface area contributed by atoms with Crippen molar-refractivity contribution in [3.05, 3.63) is 66.3 Å². The average molecular weight is 226 g/mol. The number of hydrogen-bond donors (Lipinski definition) is 0. The van der Waals surface area contributed by atoms with Gasteiger partial charge in [-0.25, -0.2) is 0 Å². The lowest BCUT2D eigenvalue weighted by molar-refractivity contribution is -0.104. The lowest BCUT2D eigenvalue weighted by Gasteiger charge is -1.89. The van der Waals surface area contributed by atoms with E-state index in [9.17, 15) is 4.79 Å². The second kappa shape index (κ2) is 9.34. The summed E-state index contributed by atoms with van der Waals surface area (Å²) in [6.45, 7) is 0. The second-order valence-corrected chi connectivity index (χ2v) is 3.69. The highest BCUT2D eigenvalue weighted by atomic mass is 16.1. The smallest absolute Gasteiger partial charge is 0.142 e. The summed E-state index contributed by atoms with van der Waals surface area (Å²) in [7, 11) is 0. The summed E-state index contributed by atoms with van der Waals surface area (Å²) in [6.07, 6.45) is 15.7. The highest BCUT2D eigenvalue weighted by Gasteiger charge is 1.81. The van der Waals surface area contributed by atoms with Gasteiger partial charge in [-0.05, 0) is 30.9 Å². The molecule has 0 saturated carbocycles. The van der Waals surface area contributed by atoms with E-state index in [0.29, 0.717) is 0 Å². The van der Waals surface area contributed by atoms with E-state index in [1.54, 1.807) is 6.08 Å². The molecule has 17 heavy (non-hydrogen) atoms. The normalized spacial score (nSPS) is 11.8. The lowest BCUT2D eigenvalue weighted by Crippen LogP contribution is -1.70. The van der Waals surface area contributed by atoms with E-state index < -0.39 is 0 Å². The monoisotopic (exact) mass is 226 g/mol. The van der Waals surface area contributed by atoms with Gasteiger partial charge in [0.1, 0.15) is 6.29 Å². The van der Waals surface area contributed by atoms with Gasteiger partial charge in [-0.15, -0.1) is 0 Å². The number of aldehydes is 1. The lowest BCUT2D eigenvalue weighted by atomic mass is 10.2. The zero-order valence-electron chi connectivity index (χ0n) is 9.96. The highest BCUT2D eigenvalue weighted by Crippen LogP contribution is 2.02. The van der Waals surface area contributed by atoms with Gasteiger partial charge in [0.05, 0.1) is 0 Å². The highest BCUT2D eigenvalue weighted by molar-refractivity contribution is 5.64. The van der Waals surface area contributed by atoms with Crippen LogP contribution in [0, 0.1) is 0 Å². The quantitative estimate of drug-likeness (QED) is 0.295. The van der Waals surface area contributed by atoms with Gasteiger partial charge in [-0.1, -0.05) is 60.7 Å². The third-order valence-corrected chi connectivity index (χ3v) is 2.29. The van der Waals surface area contributed by atoms with Crippen LogP contribution >= 0.6 is 0 Å². The molecular formula is C16H18O. The van der Waals surface area contributed by atoms with E-state index in [2.05, 4.69) is 36.4 Å². The van der Waals surface area contributed by atoms with E-state index >= 15 is 0 Å². The van der Waals surface area contributed by atoms with E-state index in [-0.39, 0.29) is 0 Å². The Morgan fingerprint density at radius 3 is 2.29 bits per heavy atom.